The number of nitrogens with one attached hydrogen (secondary N) is 2. The Balaban J connectivity index is 2.53. The number of rotatable bonds is 6. The summed E-state index contributed by atoms with van der Waals surface area (Å²) in [6, 6.07) is 8.15. The molecule has 1 aromatic rings. The summed E-state index contributed by atoms with van der Waals surface area (Å²) < 4.78 is 0. The molecule has 0 aliphatic carbocycles. The Labute approximate surface area is 104 Å². The summed E-state index contributed by atoms with van der Waals surface area (Å²) in [4.78, 5) is 3.10. The maximum absolute atomic E-state index is 6.17. The molecule has 0 heterocycles. The van der Waals surface area contributed by atoms with E-state index in [1.54, 1.807) is 4.90 Å². The van der Waals surface area contributed by atoms with Crippen molar-refractivity contribution in [3.05, 3.63) is 34.9 Å². The minimum atomic E-state index is 0.894. The van der Waals surface area contributed by atoms with Gasteiger partial charge in [-0.2, -0.15) is 0 Å². The third kappa shape index (κ3) is 4.52. The van der Waals surface area contributed by atoms with Crippen molar-refractivity contribution in [1.82, 2.24) is 0 Å². The fraction of sp³-hybridized carbons (Fsp3) is 0.538. The van der Waals surface area contributed by atoms with Crippen molar-refractivity contribution >= 4 is 11.6 Å². The van der Waals surface area contributed by atoms with Crippen LogP contribution in [0.15, 0.2) is 24.3 Å². The molecule has 0 fully saturated rings. The standard InChI is InChI=1S/C13H21ClN2/c1-4-16(10-9-15(2)3)11-12-7-5-6-8-13(12)14/h5-8H,4,9-11H2,1-3H3/p+2. The first-order chi connectivity index (χ1) is 7.63. The van der Waals surface area contributed by atoms with Gasteiger partial charge in [-0.1, -0.05) is 29.8 Å². The van der Waals surface area contributed by atoms with Gasteiger partial charge in [0.2, 0.25) is 0 Å². The predicted molar refractivity (Wildman–Crippen MR) is 69.2 cm³/mol. The Bertz CT molecular complexity index is 313. The van der Waals surface area contributed by atoms with E-state index in [2.05, 4.69) is 33.2 Å². The first kappa shape index (κ1) is 13.5. The minimum absolute atomic E-state index is 0.894. The second kappa shape index (κ2) is 6.89. The lowest BCUT2D eigenvalue weighted by molar-refractivity contribution is -0.949. The van der Waals surface area contributed by atoms with Crippen molar-refractivity contribution in [1.29, 1.82) is 0 Å². The molecule has 0 amide bonds. The number of halogens is 1. The topological polar surface area (TPSA) is 8.88 Å². The first-order valence-electron chi connectivity index (χ1n) is 5.99. The van der Waals surface area contributed by atoms with Crippen LogP contribution in [0.4, 0.5) is 0 Å². The van der Waals surface area contributed by atoms with E-state index in [0.29, 0.717) is 0 Å². The fourth-order valence-electron chi connectivity index (χ4n) is 1.73. The van der Waals surface area contributed by atoms with E-state index in [9.17, 15) is 0 Å². The molecular formula is C13H23ClN2+2. The second-order valence-corrected chi connectivity index (χ2v) is 4.99. The molecule has 3 heteroatoms. The van der Waals surface area contributed by atoms with E-state index in [1.165, 1.54) is 23.6 Å². The molecule has 2 N–H and O–H groups in total. The fourth-order valence-corrected chi connectivity index (χ4v) is 1.93. The summed E-state index contributed by atoms with van der Waals surface area (Å²) in [7, 11) is 4.39. The SMILES string of the molecule is CC[NH+](CC[NH+](C)C)Cc1ccccc1Cl. The monoisotopic (exact) mass is 242 g/mol. The molecule has 0 aliphatic heterocycles. The molecule has 1 rings (SSSR count). The average Bonchev–Trinajstić information content (AvgIpc) is 2.26. The van der Waals surface area contributed by atoms with E-state index in [0.717, 1.165) is 18.1 Å². The molecule has 0 spiro atoms. The molecule has 1 atom stereocenters. The molecule has 1 unspecified atom stereocenters. The van der Waals surface area contributed by atoms with Gasteiger partial charge in [-0.25, -0.2) is 0 Å². The smallest absolute Gasteiger partial charge is 0.127 e. The van der Waals surface area contributed by atoms with Crippen molar-refractivity contribution in [2.75, 3.05) is 33.7 Å². The van der Waals surface area contributed by atoms with Gasteiger partial charge in [-0.15, -0.1) is 0 Å². The van der Waals surface area contributed by atoms with Crippen LogP contribution < -0.4 is 9.80 Å². The molecule has 0 saturated heterocycles. The Morgan fingerprint density at radius 3 is 2.38 bits per heavy atom. The minimum Gasteiger partial charge on any atom is -0.335 e. The van der Waals surface area contributed by atoms with E-state index < -0.39 is 0 Å². The molecule has 16 heavy (non-hydrogen) atoms. The number of likely N-dealkylation sites (N-methyl/N-ethyl adjacent to an activating group) is 2. The molecule has 0 aromatic heterocycles. The average molecular weight is 243 g/mol. The molecule has 1 aromatic carbocycles. The quantitative estimate of drug-likeness (QED) is 0.689. The van der Waals surface area contributed by atoms with Gasteiger partial charge in [0, 0.05) is 10.6 Å². The number of quaternary nitrogens is 2. The third-order valence-corrected chi connectivity index (χ3v) is 3.25. The normalized spacial score (nSPS) is 13.1. The van der Waals surface area contributed by atoms with Crippen molar-refractivity contribution in [2.45, 2.75) is 13.5 Å². The van der Waals surface area contributed by atoms with Crippen LogP contribution in [0.1, 0.15) is 12.5 Å². The van der Waals surface area contributed by atoms with Crippen LogP contribution in [0.5, 0.6) is 0 Å². The highest BCUT2D eigenvalue weighted by Crippen LogP contribution is 2.13. The maximum Gasteiger partial charge on any atom is 0.127 e. The molecular weight excluding hydrogens is 220 g/mol. The summed E-state index contributed by atoms with van der Waals surface area (Å²) in [5.74, 6) is 0. The Hall–Kier alpha value is -0.570. The highest BCUT2D eigenvalue weighted by atomic mass is 35.5. The van der Waals surface area contributed by atoms with Gasteiger partial charge >= 0.3 is 0 Å². The lowest BCUT2D eigenvalue weighted by atomic mass is 10.2. The maximum atomic E-state index is 6.17. The van der Waals surface area contributed by atoms with E-state index in [-0.39, 0.29) is 0 Å². The highest BCUT2D eigenvalue weighted by molar-refractivity contribution is 6.31. The molecule has 90 valence electrons. The first-order valence-corrected chi connectivity index (χ1v) is 6.37. The third-order valence-electron chi connectivity index (χ3n) is 2.88. The van der Waals surface area contributed by atoms with Gasteiger partial charge in [0.15, 0.2) is 0 Å². The van der Waals surface area contributed by atoms with Gasteiger partial charge < -0.3 is 9.80 Å². The highest BCUT2D eigenvalue weighted by Gasteiger charge is 2.10. The lowest BCUT2D eigenvalue weighted by Gasteiger charge is -2.19. The van der Waals surface area contributed by atoms with Gasteiger partial charge in [-0.05, 0) is 13.0 Å². The van der Waals surface area contributed by atoms with Gasteiger partial charge in [-0.3, -0.25) is 0 Å². The number of hydrogen-bond donors (Lipinski definition) is 2. The zero-order valence-corrected chi connectivity index (χ0v) is 11.3. The summed E-state index contributed by atoms with van der Waals surface area (Å²) in [6.45, 7) is 6.82. The van der Waals surface area contributed by atoms with E-state index >= 15 is 0 Å². The molecule has 0 aliphatic rings. The molecule has 2 nitrogen and oxygen atoms in total. The van der Waals surface area contributed by atoms with Crippen LogP contribution in [0.2, 0.25) is 5.02 Å². The van der Waals surface area contributed by atoms with Gasteiger partial charge in [0.1, 0.15) is 19.6 Å². The van der Waals surface area contributed by atoms with Crippen molar-refractivity contribution in [3.8, 4) is 0 Å². The largest absolute Gasteiger partial charge is 0.335 e. The Kier molecular flexibility index (Phi) is 5.81. The lowest BCUT2D eigenvalue weighted by Crippen LogP contribution is -3.17. The van der Waals surface area contributed by atoms with Crippen LogP contribution in [0, 0.1) is 0 Å². The van der Waals surface area contributed by atoms with Gasteiger partial charge in [0.25, 0.3) is 0 Å². The zero-order valence-electron chi connectivity index (χ0n) is 10.5. The van der Waals surface area contributed by atoms with Crippen LogP contribution >= 0.6 is 11.6 Å². The number of hydrogen-bond acceptors (Lipinski definition) is 0. The summed E-state index contributed by atoms with van der Waals surface area (Å²) in [6.07, 6.45) is 0. The van der Waals surface area contributed by atoms with Crippen molar-refractivity contribution in [3.63, 3.8) is 0 Å². The van der Waals surface area contributed by atoms with E-state index in [1.807, 2.05) is 12.1 Å². The molecule has 0 radical (unpaired) electrons. The second-order valence-electron chi connectivity index (χ2n) is 4.58. The van der Waals surface area contributed by atoms with Crippen LogP contribution in [-0.4, -0.2) is 33.7 Å². The van der Waals surface area contributed by atoms with Crippen LogP contribution in [0.3, 0.4) is 0 Å². The van der Waals surface area contributed by atoms with Crippen molar-refractivity contribution < 1.29 is 9.80 Å². The van der Waals surface area contributed by atoms with Crippen molar-refractivity contribution in [2.24, 2.45) is 0 Å². The van der Waals surface area contributed by atoms with Gasteiger partial charge in [0.05, 0.1) is 20.6 Å². The molecule has 0 bridgehead atoms. The summed E-state index contributed by atoms with van der Waals surface area (Å²) in [5.41, 5.74) is 1.26. The Morgan fingerprint density at radius 1 is 1.12 bits per heavy atom. The Morgan fingerprint density at radius 2 is 1.81 bits per heavy atom. The van der Waals surface area contributed by atoms with Crippen LogP contribution in [0.25, 0.3) is 0 Å². The zero-order chi connectivity index (χ0) is 12.0. The van der Waals surface area contributed by atoms with E-state index in [4.69, 9.17) is 11.6 Å². The predicted octanol–water partition coefficient (Wildman–Crippen LogP) is -0.111. The number of benzene rings is 1. The summed E-state index contributed by atoms with van der Waals surface area (Å²) >= 11 is 6.17. The molecule has 0 saturated carbocycles. The summed E-state index contributed by atoms with van der Waals surface area (Å²) in [5, 5.41) is 0.894. The van der Waals surface area contributed by atoms with Crippen LogP contribution in [-0.2, 0) is 6.54 Å².